The van der Waals surface area contributed by atoms with Crippen LogP contribution in [-0.2, 0) is 6.42 Å². The van der Waals surface area contributed by atoms with Crippen molar-refractivity contribution < 1.29 is 5.11 Å². The Morgan fingerprint density at radius 2 is 2.43 bits per heavy atom. The Kier molecular flexibility index (Phi) is 3.89. The van der Waals surface area contributed by atoms with Crippen LogP contribution in [0.5, 0.6) is 0 Å². The van der Waals surface area contributed by atoms with Gasteiger partial charge in [0.2, 0.25) is 0 Å². The lowest BCUT2D eigenvalue weighted by Crippen LogP contribution is -2.20. The summed E-state index contributed by atoms with van der Waals surface area (Å²) in [5.41, 5.74) is 0.739. The summed E-state index contributed by atoms with van der Waals surface area (Å²) in [7, 11) is 0. The Hall–Kier alpha value is -1.60. The third-order valence-corrected chi connectivity index (χ3v) is 1.74. The molecule has 4 nitrogen and oxygen atoms in total. The molecule has 0 fully saturated rings. The van der Waals surface area contributed by atoms with Crippen LogP contribution in [-0.4, -0.2) is 22.7 Å². The average molecular weight is 191 g/mol. The Bertz CT molecular complexity index is 332. The van der Waals surface area contributed by atoms with Crippen molar-refractivity contribution in [2.45, 2.75) is 19.4 Å². The maximum absolute atomic E-state index is 8.83. The minimum atomic E-state index is -0.0279. The monoisotopic (exact) mass is 191 g/mol. The Morgan fingerprint density at radius 1 is 1.64 bits per heavy atom. The molecule has 0 aliphatic rings. The largest absolute Gasteiger partial charge is 0.394 e. The maximum atomic E-state index is 8.83. The summed E-state index contributed by atoms with van der Waals surface area (Å²) in [6.45, 7) is 1.92. The number of aliphatic hydroxyl groups excluding tert-OH is 1. The lowest BCUT2D eigenvalue weighted by molar-refractivity contribution is 0.281. The summed E-state index contributed by atoms with van der Waals surface area (Å²) in [5.74, 6) is 0.694. The quantitative estimate of drug-likeness (QED) is 0.743. The zero-order chi connectivity index (χ0) is 10.4. The maximum Gasteiger partial charge on any atom is 0.126 e. The number of pyridine rings is 1. The first-order valence-corrected chi connectivity index (χ1v) is 4.46. The summed E-state index contributed by atoms with van der Waals surface area (Å²) in [5, 5.41) is 20.3. The van der Waals surface area contributed by atoms with Crippen LogP contribution in [0.25, 0.3) is 0 Å². The van der Waals surface area contributed by atoms with E-state index in [1.54, 1.807) is 6.07 Å². The third-order valence-electron chi connectivity index (χ3n) is 1.74. The molecule has 2 N–H and O–H groups in total. The Morgan fingerprint density at radius 3 is 3.07 bits per heavy atom. The average Bonchev–Trinajstić information content (AvgIpc) is 2.19. The van der Waals surface area contributed by atoms with Gasteiger partial charge in [0.25, 0.3) is 0 Å². The topological polar surface area (TPSA) is 68.9 Å². The normalized spacial score (nSPS) is 11.8. The molecule has 1 atom stereocenters. The fraction of sp³-hybridized carbons (Fsp3) is 0.400. The van der Waals surface area contributed by atoms with Gasteiger partial charge in [-0.3, -0.25) is 0 Å². The highest BCUT2D eigenvalue weighted by atomic mass is 16.3. The number of nitriles is 1. The molecule has 1 aromatic rings. The van der Waals surface area contributed by atoms with Crippen molar-refractivity contribution in [3.05, 3.63) is 23.9 Å². The van der Waals surface area contributed by atoms with Crippen molar-refractivity contribution in [1.82, 2.24) is 4.98 Å². The van der Waals surface area contributed by atoms with Crippen LogP contribution in [0.1, 0.15) is 12.6 Å². The Labute approximate surface area is 83.2 Å². The van der Waals surface area contributed by atoms with Gasteiger partial charge in [-0.2, -0.15) is 5.26 Å². The van der Waals surface area contributed by atoms with E-state index in [0.717, 1.165) is 5.69 Å². The standard InChI is InChI=1S/C10H13N3O/c1-8(7-14)12-10-4-2-3-9(13-10)5-6-11/h2-4,8,14H,5,7H2,1H3,(H,12,13). The minimum absolute atomic E-state index is 0.0279. The van der Waals surface area contributed by atoms with Crippen molar-refractivity contribution >= 4 is 5.82 Å². The molecular formula is C10H13N3O. The highest BCUT2D eigenvalue weighted by Crippen LogP contribution is 2.06. The molecule has 4 heteroatoms. The van der Waals surface area contributed by atoms with Crippen molar-refractivity contribution in [2.24, 2.45) is 0 Å². The molecule has 1 rings (SSSR count). The first-order chi connectivity index (χ1) is 6.76. The van der Waals surface area contributed by atoms with E-state index in [1.165, 1.54) is 0 Å². The van der Waals surface area contributed by atoms with E-state index in [9.17, 15) is 0 Å². The number of anilines is 1. The van der Waals surface area contributed by atoms with Gasteiger partial charge >= 0.3 is 0 Å². The van der Waals surface area contributed by atoms with Gasteiger partial charge in [0.1, 0.15) is 5.82 Å². The second-order valence-corrected chi connectivity index (χ2v) is 3.08. The summed E-state index contributed by atoms with van der Waals surface area (Å²) in [6, 6.07) is 7.47. The summed E-state index contributed by atoms with van der Waals surface area (Å²) < 4.78 is 0. The molecule has 1 unspecified atom stereocenters. The second-order valence-electron chi connectivity index (χ2n) is 3.08. The van der Waals surface area contributed by atoms with E-state index >= 15 is 0 Å². The predicted molar refractivity (Wildman–Crippen MR) is 53.7 cm³/mol. The lowest BCUT2D eigenvalue weighted by Gasteiger charge is -2.11. The number of nitrogens with one attached hydrogen (secondary N) is 1. The molecule has 0 saturated heterocycles. The number of aliphatic hydroxyl groups is 1. The molecule has 0 radical (unpaired) electrons. The third kappa shape index (κ3) is 3.04. The fourth-order valence-corrected chi connectivity index (χ4v) is 1.04. The minimum Gasteiger partial charge on any atom is -0.394 e. The molecule has 0 aromatic carbocycles. The van der Waals surface area contributed by atoms with Crippen molar-refractivity contribution in [3.63, 3.8) is 0 Å². The molecule has 0 amide bonds. The van der Waals surface area contributed by atoms with Crippen LogP contribution in [0.2, 0.25) is 0 Å². The van der Waals surface area contributed by atoms with Crippen molar-refractivity contribution in [2.75, 3.05) is 11.9 Å². The summed E-state index contributed by atoms with van der Waals surface area (Å²) in [6.07, 6.45) is 0.309. The van der Waals surface area contributed by atoms with Gasteiger partial charge in [0.05, 0.1) is 24.8 Å². The SMILES string of the molecule is CC(CO)Nc1cccc(CC#N)n1. The predicted octanol–water partition coefficient (Wildman–Crippen LogP) is 0.940. The van der Waals surface area contributed by atoms with E-state index in [0.29, 0.717) is 12.2 Å². The molecule has 74 valence electrons. The lowest BCUT2D eigenvalue weighted by atomic mass is 10.3. The first kappa shape index (κ1) is 10.5. The van der Waals surface area contributed by atoms with Crippen LogP contribution in [0.4, 0.5) is 5.82 Å². The molecule has 1 heterocycles. The number of hydrogen-bond acceptors (Lipinski definition) is 4. The molecule has 0 aliphatic carbocycles. The van der Waals surface area contributed by atoms with Gasteiger partial charge < -0.3 is 10.4 Å². The fourth-order valence-electron chi connectivity index (χ4n) is 1.04. The summed E-state index contributed by atoms with van der Waals surface area (Å²) in [4.78, 5) is 4.21. The zero-order valence-electron chi connectivity index (χ0n) is 8.07. The van der Waals surface area contributed by atoms with E-state index in [-0.39, 0.29) is 12.6 Å². The van der Waals surface area contributed by atoms with Crippen LogP contribution in [0, 0.1) is 11.3 Å². The van der Waals surface area contributed by atoms with Gasteiger partial charge in [0, 0.05) is 6.04 Å². The van der Waals surface area contributed by atoms with E-state index in [4.69, 9.17) is 10.4 Å². The highest BCUT2D eigenvalue weighted by Gasteiger charge is 2.01. The van der Waals surface area contributed by atoms with Crippen molar-refractivity contribution in [3.8, 4) is 6.07 Å². The molecule has 0 bridgehead atoms. The molecule has 0 spiro atoms. The van der Waals surface area contributed by atoms with E-state index in [1.807, 2.05) is 25.1 Å². The number of rotatable bonds is 4. The number of nitrogens with zero attached hydrogens (tertiary/aromatic N) is 2. The Balaban J connectivity index is 2.69. The van der Waals surface area contributed by atoms with Crippen LogP contribution in [0.3, 0.4) is 0 Å². The molecule has 0 saturated carbocycles. The number of hydrogen-bond donors (Lipinski definition) is 2. The highest BCUT2D eigenvalue weighted by molar-refractivity contribution is 5.36. The molecule has 14 heavy (non-hydrogen) atoms. The van der Waals surface area contributed by atoms with Gasteiger partial charge in [-0.15, -0.1) is 0 Å². The second kappa shape index (κ2) is 5.20. The first-order valence-electron chi connectivity index (χ1n) is 4.46. The smallest absolute Gasteiger partial charge is 0.126 e. The van der Waals surface area contributed by atoms with E-state index < -0.39 is 0 Å². The van der Waals surface area contributed by atoms with Gasteiger partial charge in [0.15, 0.2) is 0 Å². The zero-order valence-corrected chi connectivity index (χ0v) is 8.07. The van der Waals surface area contributed by atoms with Gasteiger partial charge in [-0.1, -0.05) is 6.07 Å². The molecular weight excluding hydrogens is 178 g/mol. The van der Waals surface area contributed by atoms with E-state index in [2.05, 4.69) is 10.3 Å². The van der Waals surface area contributed by atoms with Crippen molar-refractivity contribution in [1.29, 1.82) is 5.26 Å². The van der Waals surface area contributed by atoms with Gasteiger partial charge in [-0.25, -0.2) is 4.98 Å². The van der Waals surface area contributed by atoms with Crippen LogP contribution in [0.15, 0.2) is 18.2 Å². The van der Waals surface area contributed by atoms with Gasteiger partial charge in [-0.05, 0) is 19.1 Å². The summed E-state index contributed by atoms with van der Waals surface area (Å²) >= 11 is 0. The van der Waals surface area contributed by atoms with Crippen LogP contribution < -0.4 is 5.32 Å². The van der Waals surface area contributed by atoms with Crippen LogP contribution >= 0.6 is 0 Å². The molecule has 0 aliphatic heterocycles. The molecule has 1 aromatic heterocycles. The number of aromatic nitrogens is 1.